The Morgan fingerprint density at radius 3 is 2.13 bits per heavy atom. The molecule has 13 heteroatoms. The van der Waals surface area contributed by atoms with Gasteiger partial charge in [-0.15, -0.1) is 0 Å². The van der Waals surface area contributed by atoms with Crippen LogP contribution in [0.2, 0.25) is 0 Å². The molecule has 47 heavy (non-hydrogen) atoms. The molecule has 2 aliphatic rings. The van der Waals surface area contributed by atoms with Crippen LogP contribution in [0.25, 0.3) is 22.5 Å². The molecule has 2 aromatic heterocycles. The van der Waals surface area contributed by atoms with Crippen molar-refractivity contribution in [2.45, 2.75) is 50.9 Å². The van der Waals surface area contributed by atoms with Crippen LogP contribution < -0.4 is 16.2 Å². The maximum absolute atomic E-state index is 13.5. The zero-order valence-electron chi connectivity index (χ0n) is 26.6. The van der Waals surface area contributed by atoms with E-state index in [-0.39, 0.29) is 30.7 Å². The van der Waals surface area contributed by atoms with Crippen molar-refractivity contribution in [2.75, 3.05) is 13.1 Å². The molecule has 3 atom stereocenters. The number of amides is 4. The lowest BCUT2D eigenvalue weighted by Gasteiger charge is -2.18. The molecular formula is C34H38N8O5. The van der Waals surface area contributed by atoms with Gasteiger partial charge in [-0.2, -0.15) is 10.2 Å². The molecule has 4 heterocycles. The number of likely N-dealkylation sites (tertiary alicyclic amines) is 1. The number of benzene rings is 2. The van der Waals surface area contributed by atoms with Crippen molar-refractivity contribution in [3.05, 3.63) is 83.7 Å². The number of aryl methyl sites for hydroxylation is 3. The van der Waals surface area contributed by atoms with Crippen LogP contribution in [0.5, 0.6) is 0 Å². The van der Waals surface area contributed by atoms with E-state index in [2.05, 4.69) is 26.4 Å². The molecule has 0 bridgehead atoms. The molecule has 244 valence electrons. The highest BCUT2D eigenvalue weighted by Gasteiger charge is 2.52. The summed E-state index contributed by atoms with van der Waals surface area (Å²) in [6, 6.07) is 16.7. The molecule has 0 unspecified atom stereocenters. The summed E-state index contributed by atoms with van der Waals surface area (Å²) in [5.74, 6) is -1.46. The Bertz CT molecular complexity index is 1750. The summed E-state index contributed by atoms with van der Waals surface area (Å²) in [6.45, 7) is 3.27. The van der Waals surface area contributed by atoms with E-state index in [9.17, 15) is 19.2 Å². The fraction of sp³-hybridized carbons (Fsp3) is 0.353. The minimum Gasteiger partial charge on any atom is -0.349 e. The van der Waals surface area contributed by atoms with E-state index in [0.717, 1.165) is 40.9 Å². The van der Waals surface area contributed by atoms with Crippen LogP contribution in [0, 0.1) is 0 Å². The predicted octanol–water partition coefficient (Wildman–Crippen LogP) is 2.45. The molecule has 0 spiro atoms. The Morgan fingerprint density at radius 2 is 1.51 bits per heavy atom. The lowest BCUT2D eigenvalue weighted by molar-refractivity contribution is -0.132. The summed E-state index contributed by atoms with van der Waals surface area (Å²) in [6.07, 6.45) is 4.27. The monoisotopic (exact) mass is 638 g/mol. The normalized spacial score (nSPS) is 17.6. The number of nitrogens with zero attached hydrogens (tertiary/aromatic N) is 5. The number of hydrogen-bond acceptors (Lipinski definition) is 7. The number of rotatable bonds is 10. The van der Waals surface area contributed by atoms with Crippen molar-refractivity contribution in [1.82, 2.24) is 40.6 Å². The first-order chi connectivity index (χ1) is 22.7. The standard InChI is InChI=1S/C34H38N8O5/c1-21(23-18-24(27-12-16-40(2)38-27)20-25(19-23)28-13-17-41(3)39-28)35-32(44)26-9-5-4-8-22(26)10-11-29(43)36-37-33(45)30-31(47-30)34(46)42-14-6-7-15-42/h4-5,8-9,12-13,16-21,30-31H,6-7,10-11,14-15H2,1-3H3,(H,35,44)(H,36,43)(H,37,45)/t21-,30+,31+/m1/s1. The molecule has 4 aromatic rings. The van der Waals surface area contributed by atoms with Gasteiger partial charge in [-0.25, -0.2) is 0 Å². The summed E-state index contributed by atoms with van der Waals surface area (Å²) >= 11 is 0. The fourth-order valence-corrected chi connectivity index (χ4v) is 5.78. The van der Waals surface area contributed by atoms with Gasteiger partial charge < -0.3 is 15.0 Å². The molecule has 0 aliphatic carbocycles. The minimum absolute atomic E-state index is 0.0291. The van der Waals surface area contributed by atoms with Gasteiger partial charge in [0.05, 0.1) is 17.4 Å². The van der Waals surface area contributed by atoms with Crippen LogP contribution in [0.3, 0.4) is 0 Å². The van der Waals surface area contributed by atoms with E-state index in [0.29, 0.717) is 24.2 Å². The average Bonchev–Trinajstić information content (AvgIpc) is 3.38. The summed E-state index contributed by atoms with van der Waals surface area (Å²) in [4.78, 5) is 52.6. The van der Waals surface area contributed by atoms with Gasteiger partial charge in [-0.05, 0) is 73.7 Å². The minimum atomic E-state index is -0.903. The molecule has 13 nitrogen and oxygen atoms in total. The van der Waals surface area contributed by atoms with E-state index in [1.807, 2.05) is 69.8 Å². The number of aromatic nitrogens is 4. The SMILES string of the molecule is C[C@@H](NC(=O)c1ccccc1CCC(=O)NNC(=O)[C@H]1O[C@@H]1C(=O)N1CCCC1)c1cc(-c2ccn(C)n2)cc(-c2ccn(C)n2)c1. The van der Waals surface area contributed by atoms with Crippen LogP contribution >= 0.6 is 0 Å². The van der Waals surface area contributed by atoms with E-state index >= 15 is 0 Å². The third-order valence-corrected chi connectivity index (χ3v) is 8.44. The Balaban J connectivity index is 1.06. The average molecular weight is 639 g/mol. The summed E-state index contributed by atoms with van der Waals surface area (Å²) in [5.41, 5.74) is 10.2. The maximum atomic E-state index is 13.5. The third-order valence-electron chi connectivity index (χ3n) is 8.44. The molecule has 6 rings (SSSR count). The Labute approximate surface area is 272 Å². The van der Waals surface area contributed by atoms with Crippen molar-refractivity contribution >= 4 is 23.6 Å². The molecule has 3 N–H and O–H groups in total. The van der Waals surface area contributed by atoms with Crippen LogP contribution in [0.4, 0.5) is 0 Å². The highest BCUT2D eigenvalue weighted by molar-refractivity contribution is 5.97. The first-order valence-electron chi connectivity index (χ1n) is 15.7. The van der Waals surface area contributed by atoms with Gasteiger partial charge in [0.15, 0.2) is 12.2 Å². The lowest BCUT2D eigenvalue weighted by Crippen LogP contribution is -2.45. The Hall–Kier alpha value is -5.30. The second kappa shape index (κ2) is 13.6. The first-order valence-corrected chi connectivity index (χ1v) is 15.7. The van der Waals surface area contributed by atoms with Crippen LogP contribution in [-0.4, -0.2) is 73.4 Å². The quantitative estimate of drug-likeness (QED) is 0.178. The van der Waals surface area contributed by atoms with Crippen molar-refractivity contribution in [3.8, 4) is 22.5 Å². The van der Waals surface area contributed by atoms with Crippen LogP contribution in [-0.2, 0) is 39.6 Å². The number of hydrazine groups is 1. The van der Waals surface area contributed by atoms with Gasteiger partial charge in [0, 0.05) is 62.7 Å². The van der Waals surface area contributed by atoms with Crippen molar-refractivity contribution in [2.24, 2.45) is 14.1 Å². The third kappa shape index (κ3) is 7.41. The number of carbonyl (C=O) groups is 4. The van der Waals surface area contributed by atoms with Gasteiger partial charge in [0.1, 0.15) is 0 Å². The zero-order valence-corrected chi connectivity index (χ0v) is 26.6. The van der Waals surface area contributed by atoms with E-state index in [4.69, 9.17) is 4.74 Å². The molecule has 2 saturated heterocycles. The van der Waals surface area contributed by atoms with Crippen LogP contribution in [0.15, 0.2) is 67.0 Å². The zero-order chi connectivity index (χ0) is 33.1. The second-order valence-electron chi connectivity index (χ2n) is 12.0. The molecule has 2 aliphatic heterocycles. The Kier molecular flexibility index (Phi) is 9.16. The smallest absolute Gasteiger partial charge is 0.270 e. The number of ether oxygens (including phenoxy) is 1. The van der Waals surface area contributed by atoms with Crippen LogP contribution in [0.1, 0.15) is 53.7 Å². The summed E-state index contributed by atoms with van der Waals surface area (Å²) < 4.78 is 8.76. The molecule has 0 radical (unpaired) electrons. The van der Waals surface area contributed by atoms with Gasteiger partial charge in [-0.3, -0.25) is 39.4 Å². The Morgan fingerprint density at radius 1 is 0.872 bits per heavy atom. The number of epoxide rings is 1. The number of carbonyl (C=O) groups excluding carboxylic acids is 4. The molecule has 2 fully saturated rings. The highest BCUT2D eigenvalue weighted by Crippen LogP contribution is 2.30. The largest absolute Gasteiger partial charge is 0.349 e. The predicted molar refractivity (Wildman–Crippen MR) is 172 cm³/mol. The van der Waals surface area contributed by atoms with E-state index < -0.39 is 24.0 Å². The number of nitrogens with one attached hydrogen (secondary N) is 3. The van der Waals surface area contributed by atoms with E-state index in [1.54, 1.807) is 32.5 Å². The molecule has 4 amide bonds. The summed E-state index contributed by atoms with van der Waals surface area (Å²) in [7, 11) is 3.73. The van der Waals surface area contributed by atoms with Crippen molar-refractivity contribution in [3.63, 3.8) is 0 Å². The lowest BCUT2D eigenvalue weighted by atomic mass is 9.97. The van der Waals surface area contributed by atoms with Gasteiger partial charge in [0.25, 0.3) is 17.7 Å². The van der Waals surface area contributed by atoms with Crippen molar-refractivity contribution in [1.29, 1.82) is 0 Å². The molecule has 0 saturated carbocycles. The van der Waals surface area contributed by atoms with Crippen molar-refractivity contribution < 1.29 is 23.9 Å². The summed E-state index contributed by atoms with van der Waals surface area (Å²) in [5, 5.41) is 12.2. The van der Waals surface area contributed by atoms with Gasteiger partial charge >= 0.3 is 0 Å². The van der Waals surface area contributed by atoms with Gasteiger partial charge in [0.2, 0.25) is 5.91 Å². The highest BCUT2D eigenvalue weighted by atomic mass is 16.6. The molecular weight excluding hydrogens is 600 g/mol. The topological polar surface area (TPSA) is 156 Å². The number of hydrogen-bond donors (Lipinski definition) is 3. The van der Waals surface area contributed by atoms with E-state index in [1.165, 1.54) is 0 Å². The fourth-order valence-electron chi connectivity index (χ4n) is 5.78. The maximum Gasteiger partial charge on any atom is 0.270 e. The first kappa shape index (κ1) is 31.7. The second-order valence-corrected chi connectivity index (χ2v) is 12.0. The molecule has 2 aromatic carbocycles. The van der Waals surface area contributed by atoms with Gasteiger partial charge in [-0.1, -0.05) is 18.2 Å².